The van der Waals surface area contributed by atoms with Gasteiger partial charge in [-0.1, -0.05) is 11.6 Å². The Morgan fingerprint density at radius 2 is 2.05 bits per heavy atom. The van der Waals surface area contributed by atoms with Crippen molar-refractivity contribution in [2.75, 3.05) is 14.1 Å². The van der Waals surface area contributed by atoms with Gasteiger partial charge in [-0.05, 0) is 50.9 Å². The summed E-state index contributed by atoms with van der Waals surface area (Å²) < 4.78 is 25.9. The third-order valence-electron chi connectivity index (χ3n) is 3.98. The summed E-state index contributed by atoms with van der Waals surface area (Å²) in [7, 11) is -0.551. The van der Waals surface area contributed by atoms with Crippen LogP contribution < -0.4 is 4.72 Å². The van der Waals surface area contributed by atoms with E-state index in [4.69, 9.17) is 11.6 Å². The number of amides is 1. The van der Waals surface area contributed by atoms with E-state index in [0.29, 0.717) is 5.92 Å². The Morgan fingerprint density at radius 1 is 1.43 bits per heavy atom. The van der Waals surface area contributed by atoms with Crippen LogP contribution >= 0.6 is 11.6 Å². The molecule has 1 N–H and O–H groups in total. The highest BCUT2D eigenvalue weighted by Crippen LogP contribution is 2.35. The smallest absolute Gasteiger partial charge is 0.255 e. The molecule has 1 atom stereocenters. The lowest BCUT2D eigenvalue weighted by Crippen LogP contribution is -2.36. The van der Waals surface area contributed by atoms with Gasteiger partial charge in [0.05, 0.1) is 15.5 Å². The molecule has 1 saturated carbocycles. The average molecular weight is 331 g/mol. The van der Waals surface area contributed by atoms with Gasteiger partial charge >= 0.3 is 0 Å². The number of halogens is 1. The van der Waals surface area contributed by atoms with Gasteiger partial charge in [-0.15, -0.1) is 0 Å². The maximum absolute atomic E-state index is 12.5. The van der Waals surface area contributed by atoms with Crippen LogP contribution in [0.25, 0.3) is 0 Å². The predicted molar refractivity (Wildman–Crippen MR) is 82.0 cm³/mol. The quantitative estimate of drug-likeness (QED) is 0.899. The van der Waals surface area contributed by atoms with E-state index in [1.807, 2.05) is 6.92 Å². The Hall–Kier alpha value is -1.11. The fraction of sp³-hybridized carbons (Fsp3) is 0.500. The Labute approximate surface area is 130 Å². The van der Waals surface area contributed by atoms with Crippen LogP contribution in [0.3, 0.4) is 0 Å². The van der Waals surface area contributed by atoms with Gasteiger partial charge in [-0.3, -0.25) is 4.79 Å². The molecule has 1 aliphatic carbocycles. The second kappa shape index (κ2) is 5.94. The molecule has 116 valence electrons. The summed E-state index contributed by atoms with van der Waals surface area (Å²) in [4.78, 5) is 14.2. The molecule has 1 amide bonds. The summed E-state index contributed by atoms with van der Waals surface area (Å²) in [6.45, 7) is 2.00. The predicted octanol–water partition coefficient (Wildman–Crippen LogP) is 2.12. The largest absolute Gasteiger partial charge is 0.339 e. The van der Waals surface area contributed by atoms with Crippen molar-refractivity contribution in [3.63, 3.8) is 0 Å². The summed E-state index contributed by atoms with van der Waals surface area (Å²) in [5, 5.41) is 0.255. The van der Waals surface area contributed by atoms with E-state index in [-0.39, 0.29) is 27.4 Å². The van der Waals surface area contributed by atoms with Crippen molar-refractivity contribution >= 4 is 27.5 Å². The van der Waals surface area contributed by atoms with Crippen LogP contribution in [0.4, 0.5) is 0 Å². The molecule has 0 aliphatic heterocycles. The number of sulfonamides is 1. The van der Waals surface area contributed by atoms with E-state index in [0.717, 1.165) is 12.8 Å². The Balaban J connectivity index is 2.34. The summed E-state index contributed by atoms with van der Waals surface area (Å²) in [6.07, 6.45) is 2.25. The Morgan fingerprint density at radius 3 is 2.57 bits per heavy atom. The molecule has 21 heavy (non-hydrogen) atoms. The number of nitrogens with one attached hydrogen (secondary N) is 1. The second-order valence-electron chi connectivity index (χ2n) is 5.34. The molecule has 2 rings (SSSR count). The molecule has 0 bridgehead atoms. The first-order chi connectivity index (χ1) is 9.77. The zero-order valence-corrected chi connectivity index (χ0v) is 13.8. The lowest BCUT2D eigenvalue weighted by atomic mass is 10.1. The first-order valence-electron chi connectivity index (χ1n) is 6.78. The van der Waals surface area contributed by atoms with Gasteiger partial charge in [0, 0.05) is 13.1 Å². The molecule has 5 nitrogen and oxygen atoms in total. The first kappa shape index (κ1) is 16.3. The molecule has 0 saturated heterocycles. The highest BCUT2D eigenvalue weighted by Gasteiger charge is 2.33. The molecule has 0 radical (unpaired) electrons. The van der Waals surface area contributed by atoms with E-state index in [2.05, 4.69) is 4.72 Å². The molecule has 1 aromatic carbocycles. The van der Waals surface area contributed by atoms with E-state index in [1.54, 1.807) is 11.9 Å². The van der Waals surface area contributed by atoms with Crippen molar-refractivity contribution in [3.8, 4) is 0 Å². The number of benzene rings is 1. The minimum absolute atomic E-state index is 0.0326. The number of nitrogens with zero attached hydrogens (tertiary/aromatic N) is 1. The molecule has 0 aromatic heterocycles. The van der Waals surface area contributed by atoms with Gasteiger partial charge < -0.3 is 4.90 Å². The molecule has 0 spiro atoms. The topological polar surface area (TPSA) is 66.5 Å². The summed E-state index contributed by atoms with van der Waals surface area (Å²) >= 11 is 6.07. The lowest BCUT2D eigenvalue weighted by Gasteiger charge is -2.25. The van der Waals surface area contributed by atoms with Gasteiger partial charge in [0.25, 0.3) is 5.91 Å². The highest BCUT2D eigenvalue weighted by atomic mass is 35.5. The van der Waals surface area contributed by atoms with Crippen molar-refractivity contribution in [3.05, 3.63) is 28.8 Å². The van der Waals surface area contributed by atoms with Crippen LogP contribution in [0.1, 0.15) is 30.1 Å². The Bertz CT molecular complexity index is 656. The number of rotatable bonds is 5. The summed E-state index contributed by atoms with van der Waals surface area (Å²) in [5.41, 5.74) is 0.211. The minimum Gasteiger partial charge on any atom is -0.339 e. The standard InChI is InChI=1S/C14H19ClN2O3S/c1-9(10-4-5-10)17(3)14(18)12-8-11(6-7-13(12)15)21(19,20)16-2/h6-10,16H,4-5H2,1-3H3/t9-/m0/s1. The molecular weight excluding hydrogens is 312 g/mol. The first-order valence-corrected chi connectivity index (χ1v) is 8.64. The van der Waals surface area contributed by atoms with Gasteiger partial charge in [-0.25, -0.2) is 13.1 Å². The number of carbonyl (C=O) groups is 1. The van der Waals surface area contributed by atoms with Crippen LogP contribution in [0.5, 0.6) is 0 Å². The van der Waals surface area contributed by atoms with E-state index in [1.165, 1.54) is 25.2 Å². The van der Waals surface area contributed by atoms with Crippen LogP contribution in [-0.2, 0) is 10.0 Å². The fourth-order valence-corrected chi connectivity index (χ4v) is 3.18. The molecule has 1 aromatic rings. The SMILES string of the molecule is CNS(=O)(=O)c1ccc(Cl)c(C(=O)N(C)[C@@H](C)C2CC2)c1. The number of hydrogen-bond acceptors (Lipinski definition) is 3. The van der Waals surface area contributed by atoms with Crippen molar-refractivity contribution < 1.29 is 13.2 Å². The maximum atomic E-state index is 12.5. The van der Waals surface area contributed by atoms with Crippen molar-refractivity contribution in [1.82, 2.24) is 9.62 Å². The second-order valence-corrected chi connectivity index (χ2v) is 7.64. The van der Waals surface area contributed by atoms with Crippen molar-refractivity contribution in [2.24, 2.45) is 5.92 Å². The molecule has 0 unspecified atom stereocenters. The van der Waals surface area contributed by atoms with Crippen LogP contribution in [-0.4, -0.2) is 39.4 Å². The zero-order valence-electron chi connectivity index (χ0n) is 12.3. The van der Waals surface area contributed by atoms with E-state index >= 15 is 0 Å². The van der Waals surface area contributed by atoms with Crippen LogP contribution in [0.15, 0.2) is 23.1 Å². The van der Waals surface area contributed by atoms with Gasteiger partial charge in [-0.2, -0.15) is 0 Å². The summed E-state index contributed by atoms with van der Waals surface area (Å²) in [6, 6.07) is 4.27. The summed E-state index contributed by atoms with van der Waals surface area (Å²) in [5.74, 6) is 0.273. The fourth-order valence-electron chi connectivity index (χ4n) is 2.22. The minimum atomic E-state index is -3.60. The van der Waals surface area contributed by atoms with E-state index < -0.39 is 10.0 Å². The molecule has 1 fully saturated rings. The Kier molecular flexibility index (Phi) is 4.60. The number of hydrogen-bond donors (Lipinski definition) is 1. The average Bonchev–Trinajstić information content (AvgIpc) is 3.29. The molecule has 1 aliphatic rings. The van der Waals surface area contributed by atoms with Crippen LogP contribution in [0.2, 0.25) is 5.02 Å². The highest BCUT2D eigenvalue weighted by molar-refractivity contribution is 7.89. The van der Waals surface area contributed by atoms with Gasteiger partial charge in [0.1, 0.15) is 0 Å². The van der Waals surface area contributed by atoms with Gasteiger partial charge in [0.15, 0.2) is 0 Å². The lowest BCUT2D eigenvalue weighted by molar-refractivity contribution is 0.0727. The van der Waals surface area contributed by atoms with Crippen LogP contribution in [0, 0.1) is 5.92 Å². The van der Waals surface area contributed by atoms with Gasteiger partial charge in [0.2, 0.25) is 10.0 Å². The van der Waals surface area contributed by atoms with Crippen molar-refractivity contribution in [1.29, 1.82) is 0 Å². The monoisotopic (exact) mass is 330 g/mol. The van der Waals surface area contributed by atoms with Crippen molar-refractivity contribution in [2.45, 2.75) is 30.7 Å². The third-order valence-corrected chi connectivity index (χ3v) is 5.72. The zero-order chi connectivity index (χ0) is 15.8. The van der Waals surface area contributed by atoms with E-state index in [9.17, 15) is 13.2 Å². The molecular formula is C14H19ClN2O3S. The third kappa shape index (κ3) is 3.39. The number of carbonyl (C=O) groups excluding carboxylic acids is 1. The normalized spacial score (nSPS) is 16.6. The molecule has 7 heteroatoms. The molecule has 0 heterocycles. The maximum Gasteiger partial charge on any atom is 0.255 e.